The summed E-state index contributed by atoms with van der Waals surface area (Å²) in [4.78, 5) is 58.5. The third-order valence-electron chi connectivity index (χ3n) is 9.44. The second-order valence-corrected chi connectivity index (χ2v) is 13.2. The van der Waals surface area contributed by atoms with Crippen molar-refractivity contribution < 1.29 is 29.0 Å². The van der Waals surface area contributed by atoms with Gasteiger partial charge in [-0.3, -0.25) is 19.2 Å². The number of carbonyl (C=O) groups is 4. The summed E-state index contributed by atoms with van der Waals surface area (Å²) in [7, 11) is 2.92. The van der Waals surface area contributed by atoms with Gasteiger partial charge in [0.15, 0.2) is 11.5 Å². The number of aromatic nitrogens is 1. The van der Waals surface area contributed by atoms with Crippen LogP contribution in [0.25, 0.3) is 10.9 Å². The van der Waals surface area contributed by atoms with Crippen LogP contribution in [0.15, 0.2) is 72.9 Å². The first-order valence-electron chi connectivity index (χ1n) is 16.8. The molecule has 4 amide bonds. The van der Waals surface area contributed by atoms with Crippen LogP contribution < -0.4 is 15.4 Å². The topological polar surface area (TPSA) is 144 Å². The summed E-state index contributed by atoms with van der Waals surface area (Å²) in [6.45, 7) is 3.27. The molecule has 50 heavy (non-hydrogen) atoms. The molecule has 12 heteroatoms. The van der Waals surface area contributed by atoms with Gasteiger partial charge in [0.05, 0.1) is 26.0 Å². The molecule has 0 bridgehead atoms. The van der Waals surface area contributed by atoms with Crippen LogP contribution in [0.3, 0.4) is 0 Å². The molecule has 264 valence electrons. The van der Waals surface area contributed by atoms with Gasteiger partial charge in [-0.2, -0.15) is 0 Å². The Kier molecular flexibility index (Phi) is 12.0. The zero-order valence-corrected chi connectivity index (χ0v) is 29.3. The number of phenolic OH excluding ortho intramolecular Hbond substituents is 1. The van der Waals surface area contributed by atoms with E-state index in [-0.39, 0.29) is 66.5 Å². The van der Waals surface area contributed by atoms with Crippen molar-refractivity contribution in [2.45, 2.75) is 26.2 Å². The molecule has 0 spiro atoms. The smallest absolute Gasteiger partial charge is 0.254 e. The Morgan fingerprint density at radius 2 is 1.74 bits per heavy atom. The Morgan fingerprint density at radius 3 is 2.44 bits per heavy atom. The number of hydrogen-bond acceptors (Lipinski definition) is 6. The summed E-state index contributed by atoms with van der Waals surface area (Å²) in [6, 6.07) is 20.5. The second-order valence-electron chi connectivity index (χ2n) is 12.7. The van der Waals surface area contributed by atoms with E-state index in [2.05, 4.69) is 52.9 Å². The van der Waals surface area contributed by atoms with Gasteiger partial charge in [0.25, 0.3) is 5.91 Å². The molecule has 3 atom stereocenters. The number of amides is 4. The molecule has 3 heterocycles. The Hall–Kier alpha value is -5.03. The number of aryl methyl sites for hydroxylation is 1. The van der Waals surface area contributed by atoms with E-state index in [1.54, 1.807) is 34.2 Å². The van der Waals surface area contributed by atoms with E-state index in [0.29, 0.717) is 30.2 Å². The van der Waals surface area contributed by atoms with Crippen molar-refractivity contribution in [2.75, 3.05) is 46.9 Å². The summed E-state index contributed by atoms with van der Waals surface area (Å²) >= 11 is 6.10. The fourth-order valence-electron chi connectivity index (χ4n) is 6.83. The Bertz CT molecular complexity index is 1830. The lowest BCUT2D eigenvalue weighted by molar-refractivity contribution is -0.139. The fraction of sp³-hybridized carbons (Fsp3) is 0.368. The van der Waals surface area contributed by atoms with Gasteiger partial charge >= 0.3 is 0 Å². The third-order valence-corrected chi connectivity index (χ3v) is 9.67. The molecule has 0 radical (unpaired) electrons. The van der Waals surface area contributed by atoms with Crippen LogP contribution in [0.2, 0.25) is 5.02 Å². The Morgan fingerprint density at radius 1 is 0.980 bits per heavy atom. The van der Waals surface area contributed by atoms with Gasteiger partial charge in [-0.05, 0) is 59.7 Å². The highest BCUT2D eigenvalue weighted by molar-refractivity contribution is 6.31. The number of aromatic amines is 1. The van der Waals surface area contributed by atoms with E-state index in [4.69, 9.17) is 16.3 Å². The number of nitrogens with one attached hydrogen (secondary N) is 3. The number of aromatic hydroxyl groups is 1. The van der Waals surface area contributed by atoms with Gasteiger partial charge in [-0.25, -0.2) is 0 Å². The molecule has 2 aliphatic heterocycles. The molecule has 2 saturated heterocycles. The summed E-state index contributed by atoms with van der Waals surface area (Å²) < 4.78 is 5.08. The Labute approximate surface area is 296 Å². The van der Waals surface area contributed by atoms with Crippen molar-refractivity contribution in [3.63, 3.8) is 0 Å². The molecule has 1 aromatic heterocycles. The van der Waals surface area contributed by atoms with Gasteiger partial charge in [0.2, 0.25) is 17.7 Å². The number of piperidine rings is 1. The van der Waals surface area contributed by atoms with Gasteiger partial charge < -0.3 is 35.3 Å². The van der Waals surface area contributed by atoms with Crippen molar-refractivity contribution in [2.24, 2.45) is 17.8 Å². The average molecular weight is 702 g/mol. The normalized spacial score (nSPS) is 18.1. The van der Waals surface area contributed by atoms with E-state index in [1.807, 2.05) is 6.07 Å². The number of rotatable bonds is 9. The van der Waals surface area contributed by atoms with Crippen molar-refractivity contribution in [3.05, 3.63) is 94.6 Å². The van der Waals surface area contributed by atoms with Gasteiger partial charge in [0, 0.05) is 60.9 Å². The minimum atomic E-state index is -0.605. The molecule has 2 aliphatic rings. The molecule has 2 fully saturated rings. The van der Waals surface area contributed by atoms with Crippen LogP contribution in [-0.4, -0.2) is 90.4 Å². The maximum atomic E-state index is 13.5. The van der Waals surface area contributed by atoms with Crippen molar-refractivity contribution in [1.29, 1.82) is 0 Å². The van der Waals surface area contributed by atoms with Crippen molar-refractivity contribution >= 4 is 46.1 Å². The third kappa shape index (κ3) is 8.57. The number of carbonyl (C=O) groups excluding carboxylic acids is 4. The number of methoxy groups -OCH3 is 1. The lowest BCUT2D eigenvalue weighted by Gasteiger charge is -2.39. The molecule has 11 nitrogen and oxygen atoms in total. The first-order chi connectivity index (χ1) is 24.1. The van der Waals surface area contributed by atoms with E-state index in [1.165, 1.54) is 44.7 Å². The second kappa shape index (κ2) is 16.6. The predicted molar refractivity (Wildman–Crippen MR) is 192 cm³/mol. The highest BCUT2D eigenvalue weighted by atomic mass is 35.5. The number of H-pyrrole nitrogens is 1. The number of likely N-dealkylation sites (N-methyl/N-ethyl adjacent to an activating group) is 1. The fourth-order valence-corrected chi connectivity index (χ4v) is 7.00. The number of nitrogens with zero attached hydrogens (tertiary/aromatic N) is 2. The molecule has 0 saturated carbocycles. The number of benzene rings is 3. The van der Waals surface area contributed by atoms with Gasteiger partial charge in [-0.15, -0.1) is 0 Å². The molecule has 4 N–H and O–H groups in total. The number of fused-ring (bicyclic) bond motifs is 2. The minimum Gasteiger partial charge on any atom is -0.504 e. The number of phenols is 1. The van der Waals surface area contributed by atoms with Crippen LogP contribution in [-0.2, 0) is 27.2 Å². The highest BCUT2D eigenvalue weighted by Crippen LogP contribution is 2.37. The van der Waals surface area contributed by atoms with Crippen LogP contribution in [0.1, 0.15) is 34.8 Å². The summed E-state index contributed by atoms with van der Waals surface area (Å²) in [5.74, 6) is -1.90. The lowest BCUT2D eigenvalue weighted by atomic mass is 9.79. The molecule has 3 unspecified atom stereocenters. The van der Waals surface area contributed by atoms with E-state index >= 15 is 0 Å². The lowest BCUT2D eigenvalue weighted by Crippen LogP contribution is -2.54. The standard InChI is InChI=1S/C29H32ClN5O6.C9H12/c1-31-26(37)11-33-28(39)22-15-34(27(38)8-17-10-32-23-9-19(30)4-5-20(17)23)12-18-13-35(14-21(18)22)29(40)16-3-6-25(41-2)24(36)7-16;1-2-6-9-7-4-3-5-8-9/h3-7,9-10,18,21-22,32,36H,8,11-15H2,1-2H3,(H,31,37)(H,33,39);3-5,7-8H,2,6H2,1H3. The first kappa shape index (κ1) is 36.3. The molecular formula is C38H44ClN5O6. The number of likely N-dealkylation sites (tertiary alicyclic amines) is 2. The van der Waals surface area contributed by atoms with Crippen molar-refractivity contribution in [1.82, 2.24) is 25.4 Å². The maximum Gasteiger partial charge on any atom is 0.254 e. The quantitative estimate of drug-likeness (QED) is 0.203. The highest BCUT2D eigenvalue weighted by Gasteiger charge is 2.47. The minimum absolute atomic E-state index is 0.131. The monoisotopic (exact) mass is 701 g/mol. The number of halogens is 1. The number of hydrogen-bond donors (Lipinski definition) is 4. The zero-order valence-electron chi connectivity index (χ0n) is 28.6. The van der Waals surface area contributed by atoms with E-state index in [0.717, 1.165) is 16.5 Å². The first-order valence-corrected chi connectivity index (χ1v) is 17.2. The molecular weight excluding hydrogens is 658 g/mol. The average Bonchev–Trinajstić information content (AvgIpc) is 3.74. The van der Waals surface area contributed by atoms with E-state index < -0.39 is 5.92 Å². The van der Waals surface area contributed by atoms with Crippen LogP contribution in [0, 0.1) is 17.8 Å². The number of ether oxygens (including phenoxy) is 1. The zero-order chi connectivity index (χ0) is 35.8. The molecule has 6 rings (SSSR count). The Balaban J connectivity index is 0.000000470. The van der Waals surface area contributed by atoms with Gasteiger partial charge in [-0.1, -0.05) is 61.3 Å². The van der Waals surface area contributed by atoms with Crippen LogP contribution >= 0.6 is 11.6 Å². The van der Waals surface area contributed by atoms with Gasteiger partial charge in [0.1, 0.15) is 0 Å². The SMILES string of the molecule is CCCc1ccccc1.CNC(=O)CNC(=O)C1CN(C(=O)Cc2c[nH]c3cc(Cl)ccc23)CC2CN(C(=O)c3ccc(OC)c(O)c3)CC21. The maximum absolute atomic E-state index is 13.5. The summed E-state index contributed by atoms with van der Waals surface area (Å²) in [5, 5.41) is 16.8. The summed E-state index contributed by atoms with van der Waals surface area (Å²) in [5.41, 5.74) is 3.40. The largest absolute Gasteiger partial charge is 0.504 e. The molecule has 4 aromatic rings. The van der Waals surface area contributed by atoms with Crippen LogP contribution in [0.5, 0.6) is 11.5 Å². The van der Waals surface area contributed by atoms with Crippen molar-refractivity contribution in [3.8, 4) is 11.5 Å². The predicted octanol–water partition coefficient (Wildman–Crippen LogP) is 4.43. The van der Waals surface area contributed by atoms with Crippen LogP contribution in [0.4, 0.5) is 0 Å². The van der Waals surface area contributed by atoms with E-state index in [9.17, 15) is 24.3 Å². The molecule has 0 aliphatic carbocycles. The summed E-state index contributed by atoms with van der Waals surface area (Å²) in [6.07, 6.45) is 4.38. The molecule has 3 aromatic carbocycles.